The molecule has 1 heterocycles. The maximum atomic E-state index is 11.8. The Labute approximate surface area is 113 Å². The molecule has 1 fully saturated rings. The van der Waals surface area contributed by atoms with E-state index in [9.17, 15) is 4.79 Å². The molecule has 0 aromatic carbocycles. The highest BCUT2D eigenvalue weighted by molar-refractivity contribution is 5.76. The van der Waals surface area contributed by atoms with Crippen LogP contribution in [-0.4, -0.2) is 28.6 Å². The van der Waals surface area contributed by atoms with Gasteiger partial charge >= 0.3 is 0 Å². The number of rotatable bonds is 7. The summed E-state index contributed by atoms with van der Waals surface area (Å²) in [6.45, 7) is 4.51. The molecule has 3 N–H and O–H groups in total. The van der Waals surface area contributed by atoms with Crippen LogP contribution in [0.1, 0.15) is 50.7 Å². The van der Waals surface area contributed by atoms with E-state index in [0.717, 1.165) is 0 Å². The van der Waals surface area contributed by atoms with E-state index in [1.54, 1.807) is 0 Å². The lowest BCUT2D eigenvalue weighted by Crippen LogP contribution is -2.41. The molecule has 19 heavy (non-hydrogen) atoms. The van der Waals surface area contributed by atoms with Crippen LogP contribution in [-0.2, 0) is 11.2 Å². The molecule has 0 spiro atoms. The topological polar surface area (TPSA) is 94.0 Å². The Bertz CT molecular complexity index is 426. The number of aryl methyl sites for hydroxylation is 1. The average Bonchev–Trinajstić information content (AvgIpc) is 3.11. The number of hydrogen-bond donors (Lipinski definition) is 2. The van der Waals surface area contributed by atoms with Crippen molar-refractivity contribution in [1.82, 2.24) is 15.5 Å². The van der Waals surface area contributed by atoms with Crippen molar-refractivity contribution in [2.45, 2.75) is 51.5 Å². The first kappa shape index (κ1) is 14.0. The Morgan fingerprint density at radius 2 is 2.26 bits per heavy atom. The molecule has 0 saturated heterocycles. The number of nitrogens with two attached hydrogens (primary N) is 1. The molecule has 6 nitrogen and oxygen atoms in total. The van der Waals surface area contributed by atoms with E-state index in [1.165, 1.54) is 12.8 Å². The van der Waals surface area contributed by atoms with Gasteiger partial charge in [0.2, 0.25) is 11.8 Å². The van der Waals surface area contributed by atoms with Crippen molar-refractivity contribution in [3.05, 3.63) is 11.7 Å². The first-order valence-corrected chi connectivity index (χ1v) is 6.92. The van der Waals surface area contributed by atoms with E-state index >= 15 is 0 Å². The van der Waals surface area contributed by atoms with Gasteiger partial charge in [0.15, 0.2) is 5.82 Å². The Kier molecular flexibility index (Phi) is 4.52. The molecule has 6 heteroatoms. The lowest BCUT2D eigenvalue weighted by Gasteiger charge is -2.15. The summed E-state index contributed by atoms with van der Waals surface area (Å²) in [5.74, 6) is 2.03. The molecule has 0 aliphatic heterocycles. The quantitative estimate of drug-likeness (QED) is 0.767. The summed E-state index contributed by atoms with van der Waals surface area (Å²) in [4.78, 5) is 16.0. The number of hydrogen-bond acceptors (Lipinski definition) is 5. The maximum Gasteiger partial charge on any atom is 0.227 e. The minimum absolute atomic E-state index is 0.00615. The van der Waals surface area contributed by atoms with Crippen molar-refractivity contribution in [2.24, 2.45) is 11.7 Å². The van der Waals surface area contributed by atoms with Crippen LogP contribution in [0, 0.1) is 5.92 Å². The highest BCUT2D eigenvalue weighted by Crippen LogP contribution is 2.32. The molecule has 106 valence electrons. The SMILES string of the molecule is CC(C)c1noc(CCC(=O)NC(CN)C2CC2)n1. The van der Waals surface area contributed by atoms with Gasteiger partial charge in [-0.15, -0.1) is 0 Å². The number of carbonyl (C=O) groups excluding carboxylic acids is 1. The standard InChI is InChI=1S/C13H22N4O2/c1-8(2)13-16-12(19-17-13)6-5-11(18)15-10(7-14)9-3-4-9/h8-10H,3-7,14H2,1-2H3,(H,15,18). The number of nitrogens with one attached hydrogen (secondary N) is 1. The highest BCUT2D eigenvalue weighted by atomic mass is 16.5. The average molecular weight is 266 g/mol. The molecule has 0 radical (unpaired) electrons. The predicted molar refractivity (Wildman–Crippen MR) is 70.4 cm³/mol. The fraction of sp³-hybridized carbons (Fsp3) is 0.769. The van der Waals surface area contributed by atoms with Gasteiger partial charge in [0.1, 0.15) is 0 Å². The molecule has 1 aliphatic rings. The van der Waals surface area contributed by atoms with Crippen molar-refractivity contribution in [2.75, 3.05) is 6.54 Å². The maximum absolute atomic E-state index is 11.8. The number of aromatic nitrogens is 2. The van der Waals surface area contributed by atoms with Crippen molar-refractivity contribution in [3.63, 3.8) is 0 Å². The van der Waals surface area contributed by atoms with E-state index < -0.39 is 0 Å². The van der Waals surface area contributed by atoms with Gasteiger partial charge in [-0.05, 0) is 18.8 Å². The van der Waals surface area contributed by atoms with E-state index in [1.807, 2.05) is 13.8 Å². The molecule has 1 aromatic heterocycles. The van der Waals surface area contributed by atoms with Crippen LogP contribution in [0.15, 0.2) is 4.52 Å². The zero-order valence-corrected chi connectivity index (χ0v) is 11.6. The van der Waals surface area contributed by atoms with Crippen LogP contribution in [0.25, 0.3) is 0 Å². The molecule has 1 unspecified atom stereocenters. The molecule has 1 aromatic rings. The summed E-state index contributed by atoms with van der Waals surface area (Å²) in [5, 5.41) is 6.85. The van der Waals surface area contributed by atoms with E-state index in [4.69, 9.17) is 10.3 Å². The minimum Gasteiger partial charge on any atom is -0.352 e. The zero-order valence-electron chi connectivity index (χ0n) is 11.6. The Balaban J connectivity index is 1.75. The molecular weight excluding hydrogens is 244 g/mol. The first-order valence-electron chi connectivity index (χ1n) is 6.92. The van der Waals surface area contributed by atoms with Gasteiger partial charge < -0.3 is 15.6 Å². The molecule has 1 amide bonds. The van der Waals surface area contributed by atoms with Crippen molar-refractivity contribution in [1.29, 1.82) is 0 Å². The molecule has 1 saturated carbocycles. The fourth-order valence-electron chi connectivity index (χ4n) is 1.97. The second kappa shape index (κ2) is 6.14. The summed E-state index contributed by atoms with van der Waals surface area (Å²) in [5.41, 5.74) is 5.65. The van der Waals surface area contributed by atoms with E-state index in [0.29, 0.717) is 37.0 Å². The number of amides is 1. The van der Waals surface area contributed by atoms with Crippen LogP contribution in [0.5, 0.6) is 0 Å². The second-order valence-corrected chi connectivity index (χ2v) is 5.45. The largest absolute Gasteiger partial charge is 0.352 e. The van der Waals surface area contributed by atoms with Crippen LogP contribution >= 0.6 is 0 Å². The summed E-state index contributed by atoms with van der Waals surface area (Å²) < 4.78 is 5.10. The Morgan fingerprint density at radius 1 is 1.53 bits per heavy atom. The third kappa shape index (κ3) is 4.02. The molecule has 2 rings (SSSR count). The van der Waals surface area contributed by atoms with Crippen molar-refractivity contribution < 1.29 is 9.32 Å². The van der Waals surface area contributed by atoms with Crippen LogP contribution in [0.2, 0.25) is 0 Å². The lowest BCUT2D eigenvalue weighted by molar-refractivity contribution is -0.121. The Hall–Kier alpha value is -1.43. The number of carbonyl (C=O) groups is 1. The molecule has 1 atom stereocenters. The van der Waals surface area contributed by atoms with Crippen molar-refractivity contribution >= 4 is 5.91 Å². The monoisotopic (exact) mass is 266 g/mol. The van der Waals surface area contributed by atoms with Gasteiger partial charge in [0.05, 0.1) is 0 Å². The highest BCUT2D eigenvalue weighted by Gasteiger charge is 2.31. The number of nitrogens with zero attached hydrogens (tertiary/aromatic N) is 2. The summed E-state index contributed by atoms with van der Waals surface area (Å²) >= 11 is 0. The fourth-order valence-corrected chi connectivity index (χ4v) is 1.97. The van der Waals surface area contributed by atoms with Crippen LogP contribution < -0.4 is 11.1 Å². The lowest BCUT2D eigenvalue weighted by atomic mass is 10.1. The van der Waals surface area contributed by atoms with E-state index in [2.05, 4.69) is 15.5 Å². The van der Waals surface area contributed by atoms with Gasteiger partial charge in [-0.2, -0.15) is 4.98 Å². The summed E-state index contributed by atoms with van der Waals surface area (Å²) in [6, 6.07) is 0.126. The van der Waals surface area contributed by atoms with Gasteiger partial charge in [-0.1, -0.05) is 19.0 Å². The summed E-state index contributed by atoms with van der Waals surface area (Å²) in [6.07, 6.45) is 3.18. The van der Waals surface area contributed by atoms with Gasteiger partial charge in [-0.3, -0.25) is 4.79 Å². The normalized spacial score (nSPS) is 16.6. The van der Waals surface area contributed by atoms with Crippen LogP contribution in [0.3, 0.4) is 0 Å². The molecule has 1 aliphatic carbocycles. The third-order valence-corrected chi connectivity index (χ3v) is 3.36. The van der Waals surface area contributed by atoms with Gasteiger partial charge in [0, 0.05) is 31.3 Å². The second-order valence-electron chi connectivity index (χ2n) is 5.45. The predicted octanol–water partition coefficient (Wildman–Crippen LogP) is 0.979. The Morgan fingerprint density at radius 3 is 2.79 bits per heavy atom. The smallest absolute Gasteiger partial charge is 0.227 e. The third-order valence-electron chi connectivity index (χ3n) is 3.36. The van der Waals surface area contributed by atoms with Crippen LogP contribution in [0.4, 0.5) is 0 Å². The van der Waals surface area contributed by atoms with Gasteiger partial charge in [-0.25, -0.2) is 0 Å². The zero-order chi connectivity index (χ0) is 13.8. The minimum atomic E-state index is 0.00615. The molecular formula is C13H22N4O2. The summed E-state index contributed by atoms with van der Waals surface area (Å²) in [7, 11) is 0. The molecule has 0 bridgehead atoms. The first-order chi connectivity index (χ1) is 9.10. The van der Waals surface area contributed by atoms with E-state index in [-0.39, 0.29) is 17.9 Å². The van der Waals surface area contributed by atoms with Crippen molar-refractivity contribution in [3.8, 4) is 0 Å². The van der Waals surface area contributed by atoms with Gasteiger partial charge in [0.25, 0.3) is 0 Å².